The number of benzene rings is 1. The van der Waals surface area contributed by atoms with E-state index in [0.717, 1.165) is 16.2 Å². The third-order valence-electron chi connectivity index (χ3n) is 2.74. The lowest BCUT2D eigenvalue weighted by Gasteiger charge is -2.12. The molecule has 3 rings (SSSR count). The summed E-state index contributed by atoms with van der Waals surface area (Å²) in [6, 6.07) is 14.1. The summed E-state index contributed by atoms with van der Waals surface area (Å²) in [5.74, 6) is 1.81. The zero-order valence-electron chi connectivity index (χ0n) is 9.06. The lowest BCUT2D eigenvalue weighted by molar-refractivity contribution is 0.339. The predicted octanol–water partition coefficient (Wildman–Crippen LogP) is 3.39. The monoisotopic (exact) mass is 290 g/mol. The number of rotatable bonds is 2. The lowest BCUT2D eigenvalue weighted by Crippen LogP contribution is -2.12. The molecule has 2 heterocycles. The molecule has 1 aromatic carbocycles. The standard InChI is InChI=1S/C13H11BrN2O/c14-12-6-3-7-13(16-12)15-10-8-17-11-5-2-1-4-9(10)11/h1-7,10H,8H2,(H,15,16). The number of para-hydroxylation sites is 1. The van der Waals surface area contributed by atoms with Crippen molar-refractivity contribution in [3.05, 3.63) is 52.6 Å². The van der Waals surface area contributed by atoms with Crippen LogP contribution in [0.2, 0.25) is 0 Å². The fourth-order valence-corrected chi connectivity index (χ4v) is 2.29. The van der Waals surface area contributed by atoms with Gasteiger partial charge in [-0.15, -0.1) is 0 Å². The number of nitrogens with one attached hydrogen (secondary N) is 1. The number of aromatic nitrogens is 1. The number of fused-ring (bicyclic) bond motifs is 1. The van der Waals surface area contributed by atoms with Crippen molar-refractivity contribution in [3.63, 3.8) is 0 Å². The van der Waals surface area contributed by atoms with Crippen molar-refractivity contribution < 1.29 is 4.74 Å². The molecule has 3 nitrogen and oxygen atoms in total. The SMILES string of the molecule is Brc1cccc(NC2COc3ccccc32)n1. The van der Waals surface area contributed by atoms with Gasteiger partial charge in [0, 0.05) is 5.56 Å². The lowest BCUT2D eigenvalue weighted by atomic mass is 10.1. The summed E-state index contributed by atoms with van der Waals surface area (Å²) in [6.45, 7) is 0.646. The number of pyridine rings is 1. The first-order chi connectivity index (χ1) is 8.33. The van der Waals surface area contributed by atoms with Crippen molar-refractivity contribution >= 4 is 21.7 Å². The molecule has 0 amide bonds. The van der Waals surface area contributed by atoms with Gasteiger partial charge in [-0.25, -0.2) is 4.98 Å². The van der Waals surface area contributed by atoms with E-state index in [1.807, 2.05) is 36.4 Å². The quantitative estimate of drug-likeness (QED) is 0.861. The van der Waals surface area contributed by atoms with Crippen molar-refractivity contribution in [1.82, 2.24) is 4.98 Å². The molecular formula is C13H11BrN2O. The van der Waals surface area contributed by atoms with Gasteiger partial charge in [0.15, 0.2) is 0 Å². The summed E-state index contributed by atoms with van der Waals surface area (Å²) in [4.78, 5) is 4.36. The second-order valence-corrected chi connectivity index (χ2v) is 4.70. The zero-order valence-corrected chi connectivity index (χ0v) is 10.6. The maximum atomic E-state index is 5.61. The first-order valence-corrected chi connectivity index (χ1v) is 6.23. The molecule has 4 heteroatoms. The van der Waals surface area contributed by atoms with Crippen LogP contribution in [0.15, 0.2) is 47.1 Å². The van der Waals surface area contributed by atoms with E-state index in [9.17, 15) is 0 Å². The number of hydrogen-bond donors (Lipinski definition) is 1. The Hall–Kier alpha value is -1.55. The van der Waals surface area contributed by atoms with Crippen LogP contribution < -0.4 is 10.1 Å². The van der Waals surface area contributed by atoms with Gasteiger partial charge in [0.05, 0.1) is 6.04 Å². The second-order valence-electron chi connectivity index (χ2n) is 3.89. The maximum absolute atomic E-state index is 5.61. The van der Waals surface area contributed by atoms with Gasteiger partial charge in [0.1, 0.15) is 22.8 Å². The highest BCUT2D eigenvalue weighted by Crippen LogP contribution is 2.33. The molecule has 17 heavy (non-hydrogen) atoms. The van der Waals surface area contributed by atoms with Gasteiger partial charge < -0.3 is 10.1 Å². The van der Waals surface area contributed by atoms with Crippen LogP contribution in [0.4, 0.5) is 5.82 Å². The maximum Gasteiger partial charge on any atom is 0.127 e. The highest BCUT2D eigenvalue weighted by atomic mass is 79.9. The van der Waals surface area contributed by atoms with E-state index in [1.165, 1.54) is 5.56 Å². The first kappa shape index (κ1) is 10.6. The summed E-state index contributed by atoms with van der Waals surface area (Å²) < 4.78 is 6.44. The van der Waals surface area contributed by atoms with Gasteiger partial charge in [-0.1, -0.05) is 24.3 Å². The second kappa shape index (κ2) is 4.37. The highest BCUT2D eigenvalue weighted by Gasteiger charge is 2.23. The van der Waals surface area contributed by atoms with Crippen molar-refractivity contribution in [2.75, 3.05) is 11.9 Å². The Kier molecular flexibility index (Phi) is 2.73. The zero-order chi connectivity index (χ0) is 11.7. The van der Waals surface area contributed by atoms with E-state index < -0.39 is 0 Å². The summed E-state index contributed by atoms with van der Waals surface area (Å²) in [6.07, 6.45) is 0. The summed E-state index contributed by atoms with van der Waals surface area (Å²) >= 11 is 3.36. The minimum atomic E-state index is 0.174. The number of nitrogens with zero attached hydrogens (tertiary/aromatic N) is 1. The van der Waals surface area contributed by atoms with Gasteiger partial charge in [-0.3, -0.25) is 0 Å². The first-order valence-electron chi connectivity index (χ1n) is 5.44. The van der Waals surface area contributed by atoms with Gasteiger partial charge >= 0.3 is 0 Å². The van der Waals surface area contributed by atoms with Crippen LogP contribution in [0.25, 0.3) is 0 Å². The Balaban J connectivity index is 1.84. The molecular weight excluding hydrogens is 280 g/mol. The van der Waals surface area contributed by atoms with Crippen LogP contribution in [0, 0.1) is 0 Å². The molecule has 1 aliphatic heterocycles. The van der Waals surface area contributed by atoms with Gasteiger partial charge in [-0.2, -0.15) is 0 Å². The predicted molar refractivity (Wildman–Crippen MR) is 70.2 cm³/mol. The topological polar surface area (TPSA) is 34.1 Å². The molecule has 0 spiro atoms. The van der Waals surface area contributed by atoms with Crippen molar-refractivity contribution in [1.29, 1.82) is 0 Å². The van der Waals surface area contributed by atoms with E-state index in [4.69, 9.17) is 4.74 Å². The smallest absolute Gasteiger partial charge is 0.127 e. The molecule has 0 aliphatic carbocycles. The summed E-state index contributed by atoms with van der Waals surface area (Å²) in [7, 11) is 0. The van der Waals surface area contributed by atoms with Crippen molar-refractivity contribution in [2.24, 2.45) is 0 Å². The van der Waals surface area contributed by atoms with Crippen LogP contribution in [0.5, 0.6) is 5.75 Å². The van der Waals surface area contributed by atoms with E-state index >= 15 is 0 Å². The molecule has 1 unspecified atom stereocenters. The van der Waals surface area contributed by atoms with E-state index in [1.54, 1.807) is 0 Å². The number of hydrogen-bond acceptors (Lipinski definition) is 3. The summed E-state index contributed by atoms with van der Waals surface area (Å²) in [5, 5.41) is 3.37. The van der Waals surface area contributed by atoms with Gasteiger partial charge in [-0.05, 0) is 34.1 Å². The van der Waals surface area contributed by atoms with Crippen LogP contribution >= 0.6 is 15.9 Å². The third-order valence-corrected chi connectivity index (χ3v) is 3.18. The molecule has 0 fully saturated rings. The molecule has 0 radical (unpaired) electrons. The summed E-state index contributed by atoms with van der Waals surface area (Å²) in [5.41, 5.74) is 1.19. The largest absolute Gasteiger partial charge is 0.491 e. The Bertz CT molecular complexity index is 544. The molecule has 1 aromatic heterocycles. The number of anilines is 1. The average Bonchev–Trinajstić information content (AvgIpc) is 2.73. The molecule has 1 atom stereocenters. The normalized spacial score (nSPS) is 17.4. The molecule has 2 aromatic rings. The van der Waals surface area contributed by atoms with E-state index in [2.05, 4.69) is 32.3 Å². The minimum Gasteiger partial charge on any atom is -0.491 e. The average molecular weight is 291 g/mol. The fourth-order valence-electron chi connectivity index (χ4n) is 1.95. The van der Waals surface area contributed by atoms with Gasteiger partial charge in [0.2, 0.25) is 0 Å². The Morgan fingerprint density at radius 1 is 1.18 bits per heavy atom. The molecule has 0 saturated heterocycles. The molecule has 1 N–H and O–H groups in total. The van der Waals surface area contributed by atoms with Crippen LogP contribution in [-0.2, 0) is 0 Å². The third kappa shape index (κ3) is 2.13. The molecule has 86 valence electrons. The van der Waals surface area contributed by atoms with Crippen LogP contribution in [0.3, 0.4) is 0 Å². The number of ether oxygens (including phenoxy) is 1. The molecule has 0 saturated carbocycles. The Morgan fingerprint density at radius 2 is 2.06 bits per heavy atom. The Labute approximate surface area is 108 Å². The van der Waals surface area contributed by atoms with Crippen molar-refractivity contribution in [2.45, 2.75) is 6.04 Å². The van der Waals surface area contributed by atoms with E-state index in [0.29, 0.717) is 6.61 Å². The van der Waals surface area contributed by atoms with Gasteiger partial charge in [0.25, 0.3) is 0 Å². The van der Waals surface area contributed by atoms with Crippen molar-refractivity contribution in [3.8, 4) is 5.75 Å². The van der Waals surface area contributed by atoms with Crippen LogP contribution in [0.1, 0.15) is 11.6 Å². The van der Waals surface area contributed by atoms with E-state index in [-0.39, 0.29) is 6.04 Å². The number of halogens is 1. The fraction of sp³-hybridized carbons (Fsp3) is 0.154. The van der Waals surface area contributed by atoms with Crippen LogP contribution in [-0.4, -0.2) is 11.6 Å². The molecule has 1 aliphatic rings. The highest BCUT2D eigenvalue weighted by molar-refractivity contribution is 9.10. The molecule has 0 bridgehead atoms. The Morgan fingerprint density at radius 3 is 2.94 bits per heavy atom. The minimum absolute atomic E-state index is 0.174.